The summed E-state index contributed by atoms with van der Waals surface area (Å²) < 4.78 is 0. The lowest BCUT2D eigenvalue weighted by atomic mass is 10.3. The van der Waals surface area contributed by atoms with Gasteiger partial charge in [-0.25, -0.2) is 0 Å². The zero-order valence-electron chi connectivity index (χ0n) is 10.6. The van der Waals surface area contributed by atoms with Crippen LogP contribution in [0.5, 0.6) is 0 Å². The molecule has 0 spiro atoms. The van der Waals surface area contributed by atoms with Crippen LogP contribution < -0.4 is 5.32 Å². The maximum Gasteiger partial charge on any atom is 0.193 e. The van der Waals surface area contributed by atoms with E-state index in [2.05, 4.69) is 40.8 Å². The summed E-state index contributed by atoms with van der Waals surface area (Å²) in [5, 5.41) is 4.35. The number of nitrogens with zero attached hydrogens (tertiary/aromatic N) is 2. The van der Waals surface area contributed by atoms with Gasteiger partial charge in [-0.2, -0.15) is 11.8 Å². The normalized spacial score (nSPS) is 35.1. The van der Waals surface area contributed by atoms with Crippen molar-refractivity contribution in [3.63, 3.8) is 0 Å². The molecule has 0 radical (unpaired) electrons. The van der Waals surface area contributed by atoms with Crippen molar-refractivity contribution >= 4 is 17.7 Å². The average Bonchev–Trinajstić information content (AvgIpc) is 3.02. The van der Waals surface area contributed by atoms with Crippen LogP contribution in [0.1, 0.15) is 26.7 Å². The fourth-order valence-corrected chi connectivity index (χ4v) is 3.33. The first-order valence-electron chi connectivity index (χ1n) is 6.34. The van der Waals surface area contributed by atoms with Crippen LogP contribution >= 0.6 is 11.8 Å². The molecule has 0 aromatic rings. The molecule has 0 amide bonds. The minimum atomic E-state index is 0.674. The van der Waals surface area contributed by atoms with Crippen LogP contribution in [-0.2, 0) is 0 Å². The van der Waals surface area contributed by atoms with E-state index in [4.69, 9.17) is 0 Å². The van der Waals surface area contributed by atoms with Gasteiger partial charge in [0.25, 0.3) is 0 Å². The molecule has 1 N–H and O–H groups in total. The number of rotatable bonds is 2. The molecule has 0 aromatic carbocycles. The highest BCUT2D eigenvalue weighted by Crippen LogP contribution is 2.29. The summed E-state index contributed by atoms with van der Waals surface area (Å²) in [6.45, 7) is 6.87. The molecule has 1 aliphatic heterocycles. The minimum absolute atomic E-state index is 0.674. The van der Waals surface area contributed by atoms with Crippen molar-refractivity contribution in [1.82, 2.24) is 10.2 Å². The molecule has 92 valence electrons. The summed E-state index contributed by atoms with van der Waals surface area (Å²) in [5.74, 6) is 3.19. The predicted octanol–water partition coefficient (Wildman–Crippen LogP) is 1.80. The van der Waals surface area contributed by atoms with Gasteiger partial charge < -0.3 is 10.2 Å². The van der Waals surface area contributed by atoms with E-state index in [-0.39, 0.29) is 0 Å². The third-order valence-corrected chi connectivity index (χ3v) is 4.90. The van der Waals surface area contributed by atoms with Gasteiger partial charge in [0.15, 0.2) is 5.96 Å². The number of aliphatic imine (C=N–C) groups is 1. The second kappa shape index (κ2) is 5.30. The van der Waals surface area contributed by atoms with Gasteiger partial charge >= 0.3 is 0 Å². The van der Waals surface area contributed by atoms with Crippen LogP contribution in [0, 0.1) is 5.92 Å². The molecule has 1 aliphatic carbocycles. The van der Waals surface area contributed by atoms with Crippen LogP contribution in [0.15, 0.2) is 4.99 Å². The Morgan fingerprint density at radius 1 is 1.56 bits per heavy atom. The lowest BCUT2D eigenvalue weighted by molar-refractivity contribution is 0.407. The van der Waals surface area contributed by atoms with E-state index >= 15 is 0 Å². The van der Waals surface area contributed by atoms with Crippen molar-refractivity contribution in [1.29, 1.82) is 0 Å². The van der Waals surface area contributed by atoms with E-state index in [0.29, 0.717) is 6.04 Å². The summed E-state index contributed by atoms with van der Waals surface area (Å²) in [5.41, 5.74) is 0. The second-order valence-electron chi connectivity index (χ2n) is 4.86. The Balaban J connectivity index is 1.88. The summed E-state index contributed by atoms with van der Waals surface area (Å²) in [6, 6.07) is 0.674. The predicted molar refractivity (Wildman–Crippen MR) is 72.2 cm³/mol. The topological polar surface area (TPSA) is 27.6 Å². The average molecular weight is 241 g/mol. The Labute approximate surface area is 103 Å². The van der Waals surface area contributed by atoms with E-state index in [0.717, 1.165) is 30.2 Å². The van der Waals surface area contributed by atoms with E-state index < -0.39 is 0 Å². The lowest BCUT2D eigenvalue weighted by Crippen LogP contribution is -2.48. The highest BCUT2D eigenvalue weighted by molar-refractivity contribution is 8.00. The zero-order valence-corrected chi connectivity index (χ0v) is 11.4. The van der Waals surface area contributed by atoms with Crippen molar-refractivity contribution < 1.29 is 0 Å². The Hall–Kier alpha value is -0.380. The number of thioether (sulfide) groups is 1. The smallest absolute Gasteiger partial charge is 0.193 e. The van der Waals surface area contributed by atoms with Crippen molar-refractivity contribution in [3.8, 4) is 0 Å². The Morgan fingerprint density at radius 3 is 2.88 bits per heavy atom. The fourth-order valence-electron chi connectivity index (χ4n) is 2.14. The monoisotopic (exact) mass is 241 g/mol. The van der Waals surface area contributed by atoms with Gasteiger partial charge in [-0.3, -0.25) is 4.99 Å². The molecule has 2 aliphatic rings. The highest BCUT2D eigenvalue weighted by Gasteiger charge is 2.34. The molecule has 2 rings (SSSR count). The number of hydrogen-bond donors (Lipinski definition) is 1. The Kier molecular flexibility index (Phi) is 4.00. The Morgan fingerprint density at radius 2 is 2.31 bits per heavy atom. The van der Waals surface area contributed by atoms with Gasteiger partial charge in [0, 0.05) is 37.2 Å². The standard InChI is InChI=1S/C12H23N3S/c1-4-10-8-15(5-6-16-10)12(13-3)14-11-7-9(11)2/h9-11H,4-8H2,1-3H3,(H,13,14). The largest absolute Gasteiger partial charge is 0.353 e. The maximum absolute atomic E-state index is 4.42. The molecule has 3 atom stereocenters. The highest BCUT2D eigenvalue weighted by atomic mass is 32.2. The molecule has 3 unspecified atom stereocenters. The van der Waals surface area contributed by atoms with Crippen molar-refractivity contribution in [3.05, 3.63) is 0 Å². The summed E-state index contributed by atoms with van der Waals surface area (Å²) in [7, 11) is 1.90. The summed E-state index contributed by atoms with van der Waals surface area (Å²) in [6.07, 6.45) is 2.57. The van der Waals surface area contributed by atoms with Crippen LogP contribution in [0.25, 0.3) is 0 Å². The van der Waals surface area contributed by atoms with E-state index in [1.54, 1.807) is 0 Å². The number of guanidine groups is 1. The van der Waals surface area contributed by atoms with Crippen LogP contribution in [0.4, 0.5) is 0 Å². The summed E-state index contributed by atoms with van der Waals surface area (Å²) in [4.78, 5) is 6.84. The molecule has 16 heavy (non-hydrogen) atoms. The van der Waals surface area contributed by atoms with Crippen molar-refractivity contribution in [2.45, 2.75) is 38.0 Å². The van der Waals surface area contributed by atoms with Gasteiger partial charge in [-0.05, 0) is 18.8 Å². The van der Waals surface area contributed by atoms with Gasteiger partial charge in [-0.1, -0.05) is 13.8 Å². The van der Waals surface area contributed by atoms with Crippen LogP contribution in [-0.4, -0.2) is 48.0 Å². The second-order valence-corrected chi connectivity index (χ2v) is 6.27. The van der Waals surface area contributed by atoms with Gasteiger partial charge in [-0.15, -0.1) is 0 Å². The first kappa shape index (κ1) is 12.1. The molecule has 4 heteroatoms. The molecule has 3 nitrogen and oxygen atoms in total. The first-order valence-corrected chi connectivity index (χ1v) is 7.39. The van der Waals surface area contributed by atoms with Crippen molar-refractivity contribution in [2.24, 2.45) is 10.9 Å². The maximum atomic E-state index is 4.42. The van der Waals surface area contributed by atoms with Crippen molar-refractivity contribution in [2.75, 3.05) is 25.9 Å². The van der Waals surface area contributed by atoms with E-state index in [9.17, 15) is 0 Å². The molecule has 0 bridgehead atoms. The van der Waals surface area contributed by atoms with Gasteiger partial charge in [0.1, 0.15) is 0 Å². The number of hydrogen-bond acceptors (Lipinski definition) is 2. The molecule has 0 aromatic heterocycles. The van der Waals surface area contributed by atoms with Gasteiger partial charge in [0.2, 0.25) is 0 Å². The fraction of sp³-hybridized carbons (Fsp3) is 0.917. The molecule has 2 fully saturated rings. The molecule has 1 saturated heterocycles. The third kappa shape index (κ3) is 2.84. The third-order valence-electron chi connectivity index (χ3n) is 3.53. The van der Waals surface area contributed by atoms with E-state index in [1.807, 2.05) is 7.05 Å². The SMILES string of the molecule is CCC1CN(C(=NC)NC2CC2C)CCS1. The zero-order chi connectivity index (χ0) is 11.5. The molecule has 1 saturated carbocycles. The minimum Gasteiger partial charge on any atom is -0.353 e. The molecular weight excluding hydrogens is 218 g/mol. The van der Waals surface area contributed by atoms with E-state index in [1.165, 1.54) is 18.6 Å². The summed E-state index contributed by atoms with van der Waals surface area (Å²) >= 11 is 2.11. The Bertz CT molecular complexity index is 267. The molecular formula is C12H23N3S. The van der Waals surface area contributed by atoms with Gasteiger partial charge in [0.05, 0.1) is 0 Å². The van der Waals surface area contributed by atoms with Crippen LogP contribution in [0.3, 0.4) is 0 Å². The quantitative estimate of drug-likeness (QED) is 0.590. The number of nitrogens with one attached hydrogen (secondary N) is 1. The lowest BCUT2D eigenvalue weighted by Gasteiger charge is -2.34. The van der Waals surface area contributed by atoms with Crippen LogP contribution in [0.2, 0.25) is 0 Å². The first-order chi connectivity index (χ1) is 7.74. The molecule has 1 heterocycles.